The molecule has 3 rings (SSSR count). The van der Waals surface area contributed by atoms with Gasteiger partial charge in [-0.1, -0.05) is 18.2 Å². The number of aryl methyl sites for hydroxylation is 2. The van der Waals surface area contributed by atoms with Crippen LogP contribution in [0.15, 0.2) is 64.1 Å². The number of hydrogen-bond acceptors (Lipinski definition) is 3. The molecule has 1 heterocycles. The van der Waals surface area contributed by atoms with Gasteiger partial charge in [-0.3, -0.25) is 4.72 Å². The SMILES string of the molecule is Cc1ccc(S(=O)(=O)Nc2cc(-c3ccco3)ccc2C)cc1F. The Morgan fingerprint density at radius 1 is 1.00 bits per heavy atom. The number of nitrogens with one attached hydrogen (secondary N) is 1. The third kappa shape index (κ3) is 3.19. The monoisotopic (exact) mass is 345 g/mol. The van der Waals surface area contributed by atoms with E-state index in [0.717, 1.165) is 17.2 Å². The van der Waals surface area contributed by atoms with Crippen LogP contribution in [0.1, 0.15) is 11.1 Å². The van der Waals surface area contributed by atoms with Crippen molar-refractivity contribution in [1.29, 1.82) is 0 Å². The zero-order valence-corrected chi connectivity index (χ0v) is 14.0. The summed E-state index contributed by atoms with van der Waals surface area (Å²) in [4.78, 5) is -0.117. The van der Waals surface area contributed by atoms with Gasteiger partial charge >= 0.3 is 0 Å². The molecule has 0 aliphatic rings. The second-order valence-electron chi connectivity index (χ2n) is 5.52. The van der Waals surface area contributed by atoms with Crippen molar-refractivity contribution in [3.63, 3.8) is 0 Å². The molecule has 3 aromatic rings. The summed E-state index contributed by atoms with van der Waals surface area (Å²) in [5.41, 5.74) is 2.31. The molecule has 1 N–H and O–H groups in total. The molecule has 0 saturated heterocycles. The van der Waals surface area contributed by atoms with Crippen LogP contribution >= 0.6 is 0 Å². The van der Waals surface area contributed by atoms with E-state index in [1.807, 2.05) is 6.07 Å². The summed E-state index contributed by atoms with van der Waals surface area (Å²) in [6.07, 6.45) is 1.55. The Labute approximate surface area is 140 Å². The van der Waals surface area contributed by atoms with Gasteiger partial charge in [0, 0.05) is 5.56 Å². The molecule has 0 spiro atoms. The van der Waals surface area contributed by atoms with Gasteiger partial charge in [-0.2, -0.15) is 0 Å². The van der Waals surface area contributed by atoms with Gasteiger partial charge in [-0.15, -0.1) is 0 Å². The van der Waals surface area contributed by atoms with Gasteiger partial charge in [0.15, 0.2) is 0 Å². The maximum atomic E-state index is 13.7. The summed E-state index contributed by atoms with van der Waals surface area (Å²) in [6, 6.07) is 12.7. The number of anilines is 1. The Kier molecular flexibility index (Phi) is 4.15. The van der Waals surface area contributed by atoms with Gasteiger partial charge in [-0.25, -0.2) is 12.8 Å². The number of sulfonamides is 1. The number of benzene rings is 2. The van der Waals surface area contributed by atoms with E-state index in [4.69, 9.17) is 4.42 Å². The fraction of sp³-hybridized carbons (Fsp3) is 0.111. The Morgan fingerprint density at radius 3 is 2.42 bits per heavy atom. The standard InChI is InChI=1S/C18H16FNO3S/c1-12-6-8-15(11-16(12)19)24(21,22)20-17-10-14(7-5-13(17)2)18-4-3-9-23-18/h3-11,20H,1-2H3. The molecule has 0 fully saturated rings. The van der Waals surface area contributed by atoms with Crippen LogP contribution in [-0.2, 0) is 10.0 Å². The van der Waals surface area contributed by atoms with E-state index in [-0.39, 0.29) is 4.90 Å². The maximum Gasteiger partial charge on any atom is 0.262 e. The highest BCUT2D eigenvalue weighted by Crippen LogP contribution is 2.27. The second kappa shape index (κ2) is 6.13. The van der Waals surface area contributed by atoms with E-state index in [9.17, 15) is 12.8 Å². The summed E-state index contributed by atoms with van der Waals surface area (Å²) in [5.74, 6) is 0.0794. The zero-order valence-electron chi connectivity index (χ0n) is 13.2. The third-order valence-corrected chi connectivity index (χ3v) is 5.10. The zero-order chi connectivity index (χ0) is 17.3. The Morgan fingerprint density at radius 2 is 1.75 bits per heavy atom. The Hall–Kier alpha value is -2.60. The van der Waals surface area contributed by atoms with Crippen molar-refractivity contribution in [1.82, 2.24) is 0 Å². The molecule has 0 bridgehead atoms. The van der Waals surface area contributed by atoms with Crippen LogP contribution in [-0.4, -0.2) is 8.42 Å². The minimum absolute atomic E-state index is 0.117. The first-order valence-corrected chi connectivity index (χ1v) is 8.78. The topological polar surface area (TPSA) is 59.3 Å². The van der Waals surface area contributed by atoms with Crippen molar-refractivity contribution in [3.05, 3.63) is 71.7 Å². The molecule has 6 heteroatoms. The fourth-order valence-electron chi connectivity index (χ4n) is 2.27. The van der Waals surface area contributed by atoms with Crippen molar-refractivity contribution in [2.75, 3.05) is 4.72 Å². The van der Waals surface area contributed by atoms with Gasteiger partial charge in [0.25, 0.3) is 10.0 Å². The van der Waals surface area contributed by atoms with E-state index in [0.29, 0.717) is 17.0 Å². The van der Waals surface area contributed by atoms with Crippen molar-refractivity contribution in [2.24, 2.45) is 0 Å². The maximum absolute atomic E-state index is 13.7. The first kappa shape index (κ1) is 16.3. The van der Waals surface area contributed by atoms with E-state index in [1.54, 1.807) is 44.4 Å². The first-order valence-electron chi connectivity index (χ1n) is 7.30. The molecule has 2 aromatic carbocycles. The van der Waals surface area contributed by atoms with Gasteiger partial charge < -0.3 is 4.42 Å². The summed E-state index contributed by atoms with van der Waals surface area (Å²) in [7, 11) is -3.88. The summed E-state index contributed by atoms with van der Waals surface area (Å²) < 4.78 is 46.5. The molecular weight excluding hydrogens is 329 g/mol. The third-order valence-electron chi connectivity index (χ3n) is 3.74. The van der Waals surface area contributed by atoms with Crippen LogP contribution in [0.4, 0.5) is 10.1 Å². The molecule has 4 nitrogen and oxygen atoms in total. The van der Waals surface area contributed by atoms with Crippen LogP contribution in [0.5, 0.6) is 0 Å². The summed E-state index contributed by atoms with van der Waals surface area (Å²) >= 11 is 0. The predicted molar refractivity (Wildman–Crippen MR) is 90.8 cm³/mol. The lowest BCUT2D eigenvalue weighted by Crippen LogP contribution is -2.14. The first-order chi connectivity index (χ1) is 11.4. The predicted octanol–water partition coefficient (Wildman–Crippen LogP) is 4.50. The van der Waals surface area contributed by atoms with Crippen molar-refractivity contribution in [2.45, 2.75) is 18.7 Å². The molecule has 0 saturated carbocycles. The van der Waals surface area contributed by atoms with Crippen LogP contribution < -0.4 is 4.72 Å². The van der Waals surface area contributed by atoms with Gasteiger partial charge in [0.1, 0.15) is 11.6 Å². The Balaban J connectivity index is 1.97. The van der Waals surface area contributed by atoms with E-state index in [2.05, 4.69) is 4.72 Å². The molecule has 0 amide bonds. The molecule has 24 heavy (non-hydrogen) atoms. The number of halogens is 1. The van der Waals surface area contributed by atoms with Gasteiger partial charge in [0.2, 0.25) is 0 Å². The van der Waals surface area contributed by atoms with Crippen molar-refractivity contribution in [3.8, 4) is 11.3 Å². The van der Waals surface area contributed by atoms with Crippen molar-refractivity contribution < 1.29 is 17.2 Å². The minimum atomic E-state index is -3.88. The minimum Gasteiger partial charge on any atom is -0.464 e. The van der Waals surface area contributed by atoms with E-state index in [1.165, 1.54) is 12.1 Å². The number of hydrogen-bond donors (Lipinski definition) is 1. The quantitative estimate of drug-likeness (QED) is 0.757. The average molecular weight is 345 g/mol. The van der Waals surface area contributed by atoms with E-state index >= 15 is 0 Å². The highest BCUT2D eigenvalue weighted by atomic mass is 32.2. The van der Waals surface area contributed by atoms with E-state index < -0.39 is 15.8 Å². The Bertz CT molecular complexity index is 980. The average Bonchev–Trinajstić information content (AvgIpc) is 3.06. The van der Waals surface area contributed by atoms with Crippen molar-refractivity contribution >= 4 is 15.7 Å². The molecule has 124 valence electrons. The molecular formula is C18H16FNO3S. The normalized spacial score (nSPS) is 11.5. The molecule has 1 aromatic heterocycles. The fourth-order valence-corrected chi connectivity index (χ4v) is 3.41. The highest BCUT2D eigenvalue weighted by molar-refractivity contribution is 7.92. The largest absolute Gasteiger partial charge is 0.464 e. The van der Waals surface area contributed by atoms with Gasteiger partial charge in [0.05, 0.1) is 16.8 Å². The van der Waals surface area contributed by atoms with Crippen LogP contribution in [0.25, 0.3) is 11.3 Å². The molecule has 0 radical (unpaired) electrons. The van der Waals surface area contributed by atoms with Crippen LogP contribution in [0, 0.1) is 19.7 Å². The lowest BCUT2D eigenvalue weighted by Gasteiger charge is -2.12. The molecule has 0 atom stereocenters. The molecule has 0 aliphatic heterocycles. The lowest BCUT2D eigenvalue weighted by atomic mass is 10.1. The smallest absolute Gasteiger partial charge is 0.262 e. The number of furan rings is 1. The molecule has 0 unspecified atom stereocenters. The lowest BCUT2D eigenvalue weighted by molar-refractivity contribution is 0.582. The summed E-state index contributed by atoms with van der Waals surface area (Å²) in [5, 5.41) is 0. The van der Waals surface area contributed by atoms with Crippen LogP contribution in [0.2, 0.25) is 0 Å². The van der Waals surface area contributed by atoms with Gasteiger partial charge in [-0.05, 0) is 55.3 Å². The molecule has 0 aliphatic carbocycles. The number of rotatable bonds is 4. The summed E-state index contributed by atoms with van der Waals surface area (Å²) in [6.45, 7) is 3.37. The van der Waals surface area contributed by atoms with Crippen LogP contribution in [0.3, 0.4) is 0 Å². The second-order valence-corrected chi connectivity index (χ2v) is 7.21. The highest BCUT2D eigenvalue weighted by Gasteiger charge is 2.17.